The fraction of sp³-hybridized carbons (Fsp3) is 0. The molecule has 55 heavy (non-hydrogen) atoms. The van der Waals surface area contributed by atoms with Gasteiger partial charge < -0.3 is 4.90 Å². The Kier molecular flexibility index (Phi) is 6.27. The van der Waals surface area contributed by atoms with E-state index in [4.69, 9.17) is 19.9 Å². The second-order valence-electron chi connectivity index (χ2n) is 13.9. The maximum Gasteiger partial charge on any atom is 0.252 e. The van der Waals surface area contributed by atoms with Crippen LogP contribution in [0.3, 0.4) is 0 Å². The standard InChI is InChI=1S/C46H29BN8/c1-2-14-30(15-3-1)52-35-19-5-4-17-33(35)47-34-18-12-16-32-42-44-36(20-13-27-51-44)54(41-23-8-11-26-50-41)46(42)55(45(32)34)38-29-31(28-37(52)43(38)47)53(39-21-6-9-24-48-39)40-22-7-10-25-49-40/h1-29H. The van der Waals surface area contributed by atoms with Crippen molar-refractivity contribution in [2.24, 2.45) is 0 Å². The van der Waals surface area contributed by atoms with Crippen molar-refractivity contribution in [2.75, 3.05) is 9.80 Å². The van der Waals surface area contributed by atoms with Crippen molar-refractivity contribution in [1.29, 1.82) is 0 Å². The van der Waals surface area contributed by atoms with Gasteiger partial charge in [0.2, 0.25) is 0 Å². The van der Waals surface area contributed by atoms with Crippen LogP contribution in [0.1, 0.15) is 0 Å². The summed E-state index contributed by atoms with van der Waals surface area (Å²) in [5, 5.41) is 2.27. The Hall–Kier alpha value is -7.52. The molecule has 6 aromatic heterocycles. The van der Waals surface area contributed by atoms with Crippen molar-refractivity contribution in [3.05, 3.63) is 176 Å². The molecular formula is C46H29BN8. The molecule has 0 saturated carbocycles. The van der Waals surface area contributed by atoms with Crippen LogP contribution in [0.15, 0.2) is 176 Å². The molecule has 0 spiro atoms. The summed E-state index contributed by atoms with van der Waals surface area (Å²) in [6.45, 7) is -0.0221. The second-order valence-corrected chi connectivity index (χ2v) is 13.9. The van der Waals surface area contributed by atoms with Gasteiger partial charge >= 0.3 is 0 Å². The Morgan fingerprint density at radius 3 is 1.96 bits per heavy atom. The molecule has 0 fully saturated rings. The normalized spacial score (nSPS) is 12.7. The highest BCUT2D eigenvalue weighted by atomic mass is 15.3. The molecule has 0 radical (unpaired) electrons. The van der Waals surface area contributed by atoms with Crippen LogP contribution < -0.4 is 26.2 Å². The lowest BCUT2D eigenvalue weighted by Crippen LogP contribution is -2.60. The Morgan fingerprint density at radius 1 is 0.509 bits per heavy atom. The molecule has 2 aliphatic rings. The number of fused-ring (bicyclic) bond motifs is 9. The zero-order valence-corrected chi connectivity index (χ0v) is 29.4. The summed E-state index contributed by atoms with van der Waals surface area (Å²) in [4.78, 5) is 24.3. The number of hydrogen-bond donors (Lipinski definition) is 0. The number of nitrogens with zero attached hydrogens (tertiary/aromatic N) is 8. The second kappa shape index (κ2) is 11.5. The molecule has 0 unspecified atom stereocenters. The van der Waals surface area contributed by atoms with Gasteiger partial charge in [-0.05, 0) is 95.3 Å². The predicted molar refractivity (Wildman–Crippen MR) is 223 cm³/mol. The number of para-hydroxylation sites is 3. The van der Waals surface area contributed by atoms with Crippen molar-refractivity contribution >= 4 is 90.5 Å². The minimum atomic E-state index is -0.0221. The first-order valence-corrected chi connectivity index (χ1v) is 18.4. The van der Waals surface area contributed by atoms with E-state index >= 15 is 0 Å². The maximum absolute atomic E-state index is 5.05. The summed E-state index contributed by atoms with van der Waals surface area (Å²) in [6, 6.07) is 53.2. The fourth-order valence-electron chi connectivity index (χ4n) is 9.02. The Labute approximate surface area is 316 Å². The summed E-state index contributed by atoms with van der Waals surface area (Å²) in [6.07, 6.45) is 7.43. The average molecular weight is 705 g/mol. The monoisotopic (exact) mass is 704 g/mol. The van der Waals surface area contributed by atoms with E-state index < -0.39 is 0 Å². The van der Waals surface area contributed by atoms with Gasteiger partial charge in [0.15, 0.2) is 0 Å². The molecule has 8 nitrogen and oxygen atoms in total. The minimum absolute atomic E-state index is 0.0221. The summed E-state index contributed by atoms with van der Waals surface area (Å²) < 4.78 is 4.75. The van der Waals surface area contributed by atoms with Crippen LogP contribution in [0.4, 0.5) is 34.4 Å². The largest absolute Gasteiger partial charge is 0.311 e. The van der Waals surface area contributed by atoms with Gasteiger partial charge in [-0.2, -0.15) is 0 Å². The van der Waals surface area contributed by atoms with Gasteiger partial charge in [-0.3, -0.25) is 19.0 Å². The van der Waals surface area contributed by atoms with E-state index in [0.29, 0.717) is 0 Å². The first-order chi connectivity index (χ1) is 27.3. The lowest BCUT2D eigenvalue weighted by atomic mass is 9.34. The van der Waals surface area contributed by atoms with Crippen molar-refractivity contribution < 1.29 is 0 Å². The molecule has 0 atom stereocenters. The molecule has 2 aliphatic heterocycles. The number of anilines is 6. The van der Waals surface area contributed by atoms with Crippen LogP contribution in [0, 0.1) is 0 Å². The molecule has 4 aromatic carbocycles. The maximum atomic E-state index is 5.05. The third-order valence-electron chi connectivity index (χ3n) is 11.1. The van der Waals surface area contributed by atoms with E-state index in [1.807, 2.05) is 79.4 Å². The molecule has 8 heterocycles. The van der Waals surface area contributed by atoms with E-state index in [-0.39, 0.29) is 6.71 Å². The Balaban J connectivity index is 1.29. The molecule has 10 aromatic rings. The van der Waals surface area contributed by atoms with Crippen molar-refractivity contribution in [3.63, 3.8) is 0 Å². The van der Waals surface area contributed by atoms with Crippen LogP contribution >= 0.6 is 0 Å². The number of hydrogen-bond acceptors (Lipinski definition) is 6. The van der Waals surface area contributed by atoms with Gasteiger partial charge in [-0.15, -0.1) is 0 Å². The number of aromatic nitrogens is 6. The topological polar surface area (TPSA) is 67.9 Å². The highest BCUT2D eigenvalue weighted by Crippen LogP contribution is 2.46. The van der Waals surface area contributed by atoms with Crippen molar-refractivity contribution in [2.45, 2.75) is 0 Å². The SMILES string of the molecule is c1ccc(N2c3ccccc3B3c4c2cc(N(c2ccccn2)c2ccccn2)cc4-n2c4c3cccc4c3c4ncccc4n(-c4ccccn4)c32)cc1. The molecule has 0 aliphatic carbocycles. The molecule has 12 rings (SSSR count). The lowest BCUT2D eigenvalue weighted by molar-refractivity contribution is 1.02. The molecule has 0 amide bonds. The highest BCUT2D eigenvalue weighted by molar-refractivity contribution is 7.00. The van der Waals surface area contributed by atoms with Gasteiger partial charge in [0, 0.05) is 52.9 Å². The third-order valence-corrected chi connectivity index (χ3v) is 11.1. The third kappa shape index (κ3) is 4.17. The van der Waals surface area contributed by atoms with Gasteiger partial charge in [0.05, 0.1) is 27.6 Å². The van der Waals surface area contributed by atoms with Gasteiger partial charge in [0.1, 0.15) is 23.1 Å². The van der Waals surface area contributed by atoms with E-state index in [1.165, 1.54) is 21.9 Å². The molecule has 0 bridgehead atoms. The summed E-state index contributed by atoms with van der Waals surface area (Å²) in [7, 11) is 0. The van der Waals surface area contributed by atoms with E-state index in [2.05, 4.69) is 116 Å². The summed E-state index contributed by atoms with van der Waals surface area (Å²) in [5.41, 5.74) is 13.3. The smallest absolute Gasteiger partial charge is 0.252 e. The van der Waals surface area contributed by atoms with Crippen LogP contribution in [0.2, 0.25) is 0 Å². The predicted octanol–water partition coefficient (Wildman–Crippen LogP) is 8.39. The van der Waals surface area contributed by atoms with Gasteiger partial charge in [0.25, 0.3) is 6.71 Å². The van der Waals surface area contributed by atoms with Crippen molar-refractivity contribution in [1.82, 2.24) is 29.1 Å². The first kappa shape index (κ1) is 30.0. The summed E-state index contributed by atoms with van der Waals surface area (Å²) >= 11 is 0. The van der Waals surface area contributed by atoms with Crippen LogP contribution in [0.5, 0.6) is 0 Å². The van der Waals surface area contributed by atoms with E-state index in [1.54, 1.807) is 0 Å². The first-order valence-electron chi connectivity index (χ1n) is 18.4. The molecule has 256 valence electrons. The van der Waals surface area contributed by atoms with Crippen LogP contribution in [0.25, 0.3) is 44.5 Å². The summed E-state index contributed by atoms with van der Waals surface area (Å²) in [5.74, 6) is 2.39. The number of benzene rings is 4. The zero-order valence-electron chi connectivity index (χ0n) is 29.4. The zero-order chi connectivity index (χ0) is 36.0. The van der Waals surface area contributed by atoms with Crippen molar-refractivity contribution in [3.8, 4) is 11.5 Å². The number of pyridine rings is 4. The highest BCUT2D eigenvalue weighted by Gasteiger charge is 2.43. The van der Waals surface area contributed by atoms with Crippen LogP contribution in [-0.2, 0) is 0 Å². The minimum Gasteiger partial charge on any atom is -0.311 e. The van der Waals surface area contributed by atoms with Gasteiger partial charge in [-0.25, -0.2) is 15.0 Å². The van der Waals surface area contributed by atoms with Crippen LogP contribution in [-0.4, -0.2) is 35.8 Å². The average Bonchev–Trinajstić information content (AvgIpc) is 3.77. The Bertz CT molecular complexity index is 3070. The molecule has 0 saturated heterocycles. The number of rotatable bonds is 5. The van der Waals surface area contributed by atoms with Gasteiger partial charge in [-0.1, -0.05) is 72.8 Å². The van der Waals surface area contributed by atoms with E-state index in [9.17, 15) is 0 Å². The Morgan fingerprint density at radius 2 is 1.20 bits per heavy atom. The molecule has 9 heteroatoms. The quantitative estimate of drug-likeness (QED) is 0.168. The molecule has 0 N–H and O–H groups in total. The van der Waals surface area contributed by atoms with E-state index in [0.717, 1.165) is 73.3 Å². The molecular weight excluding hydrogens is 675 g/mol. The lowest BCUT2D eigenvalue weighted by Gasteiger charge is -2.41. The fourth-order valence-corrected chi connectivity index (χ4v) is 9.02.